The molecule has 4 aromatic heterocycles. The van der Waals surface area contributed by atoms with Crippen molar-refractivity contribution < 1.29 is 59.3 Å². The Kier molecular flexibility index (Phi) is 20.5. The first-order valence-electron chi connectivity index (χ1n) is 28.4. The third kappa shape index (κ3) is 17.6. The lowest BCUT2D eigenvalue weighted by molar-refractivity contribution is -0.0593. The molecule has 4 aliphatic rings. The van der Waals surface area contributed by atoms with E-state index < -0.39 is 43.6 Å². The number of primary sulfonamides is 1. The van der Waals surface area contributed by atoms with Crippen LogP contribution >= 0.6 is 23.2 Å². The van der Waals surface area contributed by atoms with Crippen molar-refractivity contribution in [2.75, 3.05) is 51.9 Å². The summed E-state index contributed by atoms with van der Waals surface area (Å²) in [5.41, 5.74) is 8.26. The minimum atomic E-state index is -3.69. The standard InChI is InChI=1S/C31H31ClFN5O5S.C30H28ClFN4O4.CH5NO2S/c1-44(40,41)36-31(39)21-6-8-27-28(15-21)38(17-24-11-14-42-24)29(34-27)18-37-12-9-20(10-13-37)26-3-2-4-30(35-26)43-19-22-5-7-23(32)16-25(22)33;31-22-6-4-21(24(32)15-22)18-40-29-3-1-2-25(34-29)19-8-11-35(12-9-19)17-28-33-26-7-5-20(30(37)38)14-27(26)36(28)16-23-10-13-39-23;1-5(2,3)4/h2-9,15-16,24H,10-14,17-19H2,1H3,(H,36,39);1-8,14-15,23H,9-13,16-18H2,(H,37,38);1H3,(H2,2,3,4)/t24-;23-;/m00./s1. The number of carboxylic acids is 1. The number of rotatable bonds is 19. The van der Waals surface area contributed by atoms with Crippen LogP contribution in [0.25, 0.3) is 33.2 Å². The van der Waals surface area contributed by atoms with Crippen LogP contribution in [-0.2, 0) is 68.9 Å². The van der Waals surface area contributed by atoms with Gasteiger partial charge in [0.25, 0.3) is 5.91 Å². The first-order valence-corrected chi connectivity index (χ1v) is 33.0. The number of hydrogen-bond acceptors (Lipinski definition) is 16. The summed E-state index contributed by atoms with van der Waals surface area (Å²) in [7, 11) is -6.86. The molecule has 2 atom stereocenters. The van der Waals surface area contributed by atoms with E-state index in [0.29, 0.717) is 72.3 Å². The van der Waals surface area contributed by atoms with Crippen molar-refractivity contribution >= 4 is 88.3 Å². The number of amides is 1. The summed E-state index contributed by atoms with van der Waals surface area (Å²) in [6, 6.07) is 30.2. The molecule has 0 radical (unpaired) electrons. The lowest BCUT2D eigenvalue weighted by Crippen LogP contribution is -2.33. The minimum Gasteiger partial charge on any atom is -0.478 e. The zero-order valence-corrected chi connectivity index (χ0v) is 51.7. The average Bonchev–Trinajstić information content (AvgIpc) is 1.73. The zero-order valence-electron chi connectivity index (χ0n) is 48.5. The van der Waals surface area contributed by atoms with E-state index in [9.17, 15) is 40.3 Å². The van der Waals surface area contributed by atoms with E-state index in [1.165, 1.54) is 12.1 Å². The minimum absolute atomic E-state index is 0.0447. The molecule has 12 rings (SSSR count). The largest absolute Gasteiger partial charge is 0.478 e. The van der Waals surface area contributed by atoms with Crippen molar-refractivity contribution in [3.63, 3.8) is 0 Å². The quantitative estimate of drug-likeness (QED) is 0.0681. The lowest BCUT2D eigenvalue weighted by Gasteiger charge is -2.29. The van der Waals surface area contributed by atoms with Crippen molar-refractivity contribution in [3.8, 4) is 11.8 Å². The molecule has 4 aromatic carbocycles. The van der Waals surface area contributed by atoms with Gasteiger partial charge in [-0.05, 0) is 110 Å². The van der Waals surface area contributed by atoms with Crippen molar-refractivity contribution in [3.05, 3.63) is 188 Å². The highest BCUT2D eigenvalue weighted by Crippen LogP contribution is 2.30. The van der Waals surface area contributed by atoms with Gasteiger partial charge in [0.15, 0.2) is 0 Å². The molecule has 0 unspecified atom stereocenters. The lowest BCUT2D eigenvalue weighted by atomic mass is 10.0. The number of carbonyl (C=O) groups excluding carboxylic acids is 1. The summed E-state index contributed by atoms with van der Waals surface area (Å²) < 4.78 is 99.4. The molecule has 0 bridgehead atoms. The Morgan fingerprint density at radius 1 is 0.652 bits per heavy atom. The molecule has 2 fully saturated rings. The van der Waals surface area contributed by atoms with Crippen LogP contribution in [0.3, 0.4) is 0 Å². The first kappa shape index (κ1) is 64.3. The van der Waals surface area contributed by atoms with Crippen LogP contribution in [-0.4, -0.2) is 137 Å². The van der Waals surface area contributed by atoms with E-state index in [4.69, 9.17) is 52.1 Å². The second-order valence-electron chi connectivity index (χ2n) is 21.8. The molecule has 468 valence electrons. The van der Waals surface area contributed by atoms with Gasteiger partial charge < -0.3 is 33.2 Å². The second kappa shape index (κ2) is 28.4. The van der Waals surface area contributed by atoms with Gasteiger partial charge in [-0.3, -0.25) is 14.6 Å². The number of sulfonamides is 2. The fourth-order valence-electron chi connectivity index (χ4n) is 10.3. The number of imidazole rings is 2. The maximum absolute atomic E-state index is 14.1. The van der Waals surface area contributed by atoms with Gasteiger partial charge in [-0.2, -0.15) is 0 Å². The van der Waals surface area contributed by atoms with Gasteiger partial charge in [-0.25, -0.2) is 60.2 Å². The summed E-state index contributed by atoms with van der Waals surface area (Å²) in [5, 5.41) is 14.5. The van der Waals surface area contributed by atoms with E-state index in [0.717, 1.165) is 121 Å². The van der Waals surface area contributed by atoms with Crippen LogP contribution in [0.5, 0.6) is 11.8 Å². The van der Waals surface area contributed by atoms with Crippen molar-refractivity contribution in [2.24, 2.45) is 5.14 Å². The molecule has 89 heavy (non-hydrogen) atoms. The van der Waals surface area contributed by atoms with E-state index in [-0.39, 0.29) is 36.5 Å². The predicted molar refractivity (Wildman–Crippen MR) is 332 cm³/mol. The molecule has 27 heteroatoms. The molecule has 1 amide bonds. The van der Waals surface area contributed by atoms with E-state index in [1.807, 2.05) is 29.0 Å². The smallest absolute Gasteiger partial charge is 0.335 e. The van der Waals surface area contributed by atoms with E-state index in [1.54, 1.807) is 72.8 Å². The maximum atomic E-state index is 14.1. The van der Waals surface area contributed by atoms with Crippen LogP contribution in [0.4, 0.5) is 8.78 Å². The topological polar surface area (TPSA) is 266 Å². The van der Waals surface area contributed by atoms with Gasteiger partial charge in [0.05, 0.1) is 89.9 Å². The van der Waals surface area contributed by atoms with Crippen molar-refractivity contribution in [2.45, 2.75) is 77.3 Å². The summed E-state index contributed by atoms with van der Waals surface area (Å²) in [5.74, 6) is 0.121. The number of nitrogens with zero attached hydrogens (tertiary/aromatic N) is 8. The fourth-order valence-corrected chi connectivity index (χ4v) is 11.0. The fraction of sp³-hybridized carbons (Fsp3) is 0.323. The summed E-state index contributed by atoms with van der Waals surface area (Å²) in [4.78, 5) is 47.7. The summed E-state index contributed by atoms with van der Waals surface area (Å²) >= 11 is 11.7. The van der Waals surface area contributed by atoms with Crippen molar-refractivity contribution in [1.29, 1.82) is 0 Å². The van der Waals surface area contributed by atoms with Crippen LogP contribution in [0, 0.1) is 11.6 Å². The summed E-state index contributed by atoms with van der Waals surface area (Å²) in [6.45, 7) is 7.04. The Labute approximate surface area is 522 Å². The number of aromatic nitrogens is 6. The molecule has 8 heterocycles. The maximum Gasteiger partial charge on any atom is 0.335 e. The average molecular weight is 1300 g/mol. The molecule has 0 saturated carbocycles. The third-order valence-corrected chi connectivity index (χ3v) is 16.0. The number of hydrogen-bond donors (Lipinski definition) is 3. The number of benzene rings is 4. The highest BCUT2D eigenvalue weighted by Gasteiger charge is 2.27. The number of ether oxygens (including phenoxy) is 4. The van der Waals surface area contributed by atoms with E-state index in [2.05, 4.69) is 46.2 Å². The highest BCUT2D eigenvalue weighted by molar-refractivity contribution is 7.89. The first-order chi connectivity index (χ1) is 42.5. The summed E-state index contributed by atoms with van der Waals surface area (Å²) in [6.07, 6.45) is 9.87. The van der Waals surface area contributed by atoms with E-state index >= 15 is 0 Å². The van der Waals surface area contributed by atoms with Gasteiger partial charge in [-0.1, -0.05) is 59.6 Å². The molecule has 0 spiro atoms. The normalized spacial score (nSPS) is 17.0. The Morgan fingerprint density at radius 3 is 1.47 bits per heavy atom. The molecule has 8 aromatic rings. The number of halogens is 4. The van der Waals surface area contributed by atoms with Gasteiger partial charge in [0.2, 0.25) is 31.8 Å². The molecule has 2 saturated heterocycles. The molecule has 4 N–H and O–H groups in total. The Bertz CT molecular complexity index is 4230. The molecular formula is C62H64Cl2F2N10O11S2. The molecular weight excluding hydrogens is 1230 g/mol. The Morgan fingerprint density at radius 2 is 1.09 bits per heavy atom. The molecule has 0 aliphatic carbocycles. The highest BCUT2D eigenvalue weighted by atomic mass is 35.5. The number of nitrogens with one attached hydrogen (secondary N) is 1. The molecule has 21 nitrogen and oxygen atoms in total. The monoisotopic (exact) mass is 1300 g/mol. The SMILES string of the molecule is CS(=O)(=O)NC(=O)c1ccc2nc(CN3CC=C(c4cccc(OCc5ccc(Cl)cc5F)n4)CC3)n(C[C@@H]3CCO3)c2c1.CS(N)(=O)=O.O=C(O)c1ccc2nc(CN3CC=C(c4cccc(OCc5ccc(Cl)cc5F)n4)CC3)n(C[C@@H]3CCO3)c2c1. The van der Waals surface area contributed by atoms with Crippen LogP contribution in [0.2, 0.25) is 10.0 Å². The van der Waals surface area contributed by atoms with Gasteiger partial charge in [0.1, 0.15) is 36.5 Å². The number of carboxylic acid groups (broad SMARTS) is 1. The predicted octanol–water partition coefficient (Wildman–Crippen LogP) is 9.05. The van der Waals surface area contributed by atoms with Gasteiger partial charge in [0, 0.05) is 78.3 Å². The third-order valence-electron chi connectivity index (χ3n) is 15.0. The van der Waals surface area contributed by atoms with Crippen LogP contribution in [0.1, 0.15) is 80.6 Å². The Hall–Kier alpha value is -7.72. The number of nitrogens with two attached hydrogens (primary N) is 1. The number of aromatic carboxylic acids is 1. The van der Waals surface area contributed by atoms with Crippen molar-refractivity contribution in [1.82, 2.24) is 43.6 Å². The van der Waals surface area contributed by atoms with Crippen LogP contribution < -0.4 is 19.3 Å². The Balaban J connectivity index is 0.000000183. The number of carbonyl (C=O) groups is 2. The van der Waals surface area contributed by atoms with Crippen LogP contribution in [0.15, 0.2) is 121 Å². The second-order valence-corrected chi connectivity index (χ2v) is 26.1. The van der Waals surface area contributed by atoms with Gasteiger partial charge in [-0.15, -0.1) is 0 Å². The van der Waals surface area contributed by atoms with Gasteiger partial charge >= 0.3 is 5.97 Å². The number of fused-ring (bicyclic) bond motifs is 2. The molecule has 4 aliphatic heterocycles. The number of pyridine rings is 2. The zero-order chi connectivity index (χ0) is 63.0.